The topological polar surface area (TPSA) is 50.3 Å². The lowest BCUT2D eigenvalue weighted by Crippen LogP contribution is -2.32. The molecule has 2 bridgehead atoms. The van der Waals surface area contributed by atoms with Gasteiger partial charge in [-0.2, -0.15) is 0 Å². The van der Waals surface area contributed by atoms with Gasteiger partial charge in [0.25, 0.3) is 0 Å². The zero-order valence-corrected chi connectivity index (χ0v) is 11.9. The quantitative estimate of drug-likeness (QED) is 0.600. The fourth-order valence-electron chi connectivity index (χ4n) is 4.05. The van der Waals surface area contributed by atoms with Crippen LogP contribution in [0.4, 0.5) is 5.13 Å². The summed E-state index contributed by atoms with van der Waals surface area (Å²) in [7, 11) is 0. The molecule has 0 radical (unpaired) electrons. The van der Waals surface area contributed by atoms with E-state index < -0.39 is 0 Å². The molecule has 1 saturated carbocycles. The average Bonchev–Trinajstić information content (AvgIpc) is 3.21. The number of benzene rings is 1. The van der Waals surface area contributed by atoms with Crippen molar-refractivity contribution in [2.45, 2.75) is 6.42 Å². The predicted octanol–water partition coefficient (Wildman–Crippen LogP) is 2.61. The summed E-state index contributed by atoms with van der Waals surface area (Å²) >= 11 is 1.42. The number of hydrogen-bond acceptors (Lipinski definition) is 4. The Hall–Kier alpha value is -2.01. The van der Waals surface area contributed by atoms with Gasteiger partial charge < -0.3 is 0 Å². The summed E-state index contributed by atoms with van der Waals surface area (Å²) < 4.78 is 1.01. The number of hydrogen-bond donors (Lipinski definition) is 0. The molecule has 0 spiro atoms. The summed E-state index contributed by atoms with van der Waals surface area (Å²) in [6, 6.07) is 7.73. The first-order valence-corrected chi connectivity index (χ1v) is 7.97. The van der Waals surface area contributed by atoms with E-state index in [1.807, 2.05) is 24.3 Å². The summed E-state index contributed by atoms with van der Waals surface area (Å²) in [5.41, 5.74) is 0.844. The van der Waals surface area contributed by atoms with Crippen LogP contribution in [0.5, 0.6) is 0 Å². The Kier molecular flexibility index (Phi) is 2.10. The van der Waals surface area contributed by atoms with Crippen LogP contribution in [0.3, 0.4) is 0 Å². The molecule has 4 atom stereocenters. The van der Waals surface area contributed by atoms with Crippen LogP contribution >= 0.6 is 11.3 Å². The van der Waals surface area contributed by atoms with Gasteiger partial charge in [-0.05, 0) is 30.4 Å². The second kappa shape index (κ2) is 3.80. The Morgan fingerprint density at radius 3 is 2.38 bits per heavy atom. The molecule has 2 heterocycles. The summed E-state index contributed by atoms with van der Waals surface area (Å²) in [6.45, 7) is 0. The zero-order chi connectivity index (χ0) is 14.1. The summed E-state index contributed by atoms with van der Waals surface area (Å²) in [5, 5.41) is 0.528. The Balaban J connectivity index is 1.61. The molecule has 0 unspecified atom stereocenters. The number of rotatable bonds is 1. The van der Waals surface area contributed by atoms with Gasteiger partial charge in [0.05, 0.1) is 22.1 Å². The normalized spacial score (nSPS) is 33.4. The minimum absolute atomic E-state index is 0.0547. The van der Waals surface area contributed by atoms with Crippen LogP contribution in [0, 0.1) is 23.7 Å². The number of allylic oxidation sites excluding steroid dienone is 2. The van der Waals surface area contributed by atoms with Gasteiger partial charge in [-0.15, -0.1) is 0 Å². The van der Waals surface area contributed by atoms with Crippen LogP contribution in [-0.4, -0.2) is 16.8 Å². The fourth-order valence-corrected chi connectivity index (χ4v) is 5.02. The second-order valence-corrected chi connectivity index (χ2v) is 6.99. The Labute approximate surface area is 125 Å². The van der Waals surface area contributed by atoms with Crippen LogP contribution in [0.2, 0.25) is 0 Å². The third kappa shape index (κ3) is 1.37. The van der Waals surface area contributed by atoms with E-state index in [0.29, 0.717) is 5.13 Å². The lowest BCUT2D eigenvalue weighted by molar-refractivity contribution is -0.123. The molecule has 2 aliphatic carbocycles. The lowest BCUT2D eigenvalue weighted by atomic mass is 9.85. The number of imide groups is 1. The van der Waals surface area contributed by atoms with E-state index in [1.165, 1.54) is 16.2 Å². The van der Waals surface area contributed by atoms with E-state index in [4.69, 9.17) is 0 Å². The van der Waals surface area contributed by atoms with Crippen molar-refractivity contribution in [2.24, 2.45) is 23.7 Å². The maximum Gasteiger partial charge on any atom is 0.240 e. The predicted molar refractivity (Wildman–Crippen MR) is 79.8 cm³/mol. The molecule has 1 saturated heterocycles. The summed E-state index contributed by atoms with van der Waals surface area (Å²) in [5.74, 6) is 0.0764. The van der Waals surface area contributed by atoms with Gasteiger partial charge in [0.2, 0.25) is 11.8 Å². The molecule has 0 N–H and O–H groups in total. The Morgan fingerprint density at radius 2 is 1.71 bits per heavy atom. The molecule has 4 nitrogen and oxygen atoms in total. The van der Waals surface area contributed by atoms with Crippen molar-refractivity contribution in [1.29, 1.82) is 0 Å². The van der Waals surface area contributed by atoms with Crippen molar-refractivity contribution in [3.63, 3.8) is 0 Å². The molecule has 2 fully saturated rings. The van der Waals surface area contributed by atoms with Crippen LogP contribution in [-0.2, 0) is 9.59 Å². The molecule has 5 heteroatoms. The van der Waals surface area contributed by atoms with Crippen LogP contribution in [0.25, 0.3) is 10.2 Å². The molecule has 1 aliphatic heterocycles. The van der Waals surface area contributed by atoms with E-state index >= 15 is 0 Å². The van der Waals surface area contributed by atoms with Gasteiger partial charge in [-0.25, -0.2) is 9.88 Å². The molecular formula is C16H12N2O2S. The highest BCUT2D eigenvalue weighted by Crippen LogP contribution is 2.53. The molecule has 1 aromatic heterocycles. The third-order valence-corrected chi connectivity index (χ3v) is 5.97. The van der Waals surface area contributed by atoms with E-state index in [2.05, 4.69) is 17.1 Å². The summed E-state index contributed by atoms with van der Waals surface area (Å²) in [6.07, 6.45) is 5.18. The molecule has 5 rings (SSSR count). The fraction of sp³-hybridized carbons (Fsp3) is 0.312. The van der Waals surface area contributed by atoms with Gasteiger partial charge in [0.1, 0.15) is 0 Å². The van der Waals surface area contributed by atoms with Gasteiger partial charge in [-0.1, -0.05) is 35.6 Å². The smallest absolute Gasteiger partial charge is 0.240 e. The number of amides is 2. The van der Waals surface area contributed by atoms with Crippen LogP contribution in [0.15, 0.2) is 36.4 Å². The zero-order valence-electron chi connectivity index (χ0n) is 11.1. The van der Waals surface area contributed by atoms with E-state index in [0.717, 1.165) is 16.6 Å². The van der Waals surface area contributed by atoms with E-state index in [9.17, 15) is 9.59 Å². The number of nitrogens with zero attached hydrogens (tertiary/aromatic N) is 2. The number of thiazole rings is 1. The molecule has 104 valence electrons. The number of aromatic nitrogens is 1. The van der Waals surface area contributed by atoms with Crippen molar-refractivity contribution >= 4 is 38.5 Å². The molecule has 1 aromatic carbocycles. The first-order chi connectivity index (χ1) is 10.2. The van der Waals surface area contributed by atoms with Gasteiger partial charge >= 0.3 is 0 Å². The minimum atomic E-state index is -0.153. The van der Waals surface area contributed by atoms with Crippen molar-refractivity contribution < 1.29 is 9.59 Å². The maximum absolute atomic E-state index is 12.7. The molecule has 21 heavy (non-hydrogen) atoms. The number of carbonyl (C=O) groups excluding carboxylic acids is 2. The highest BCUT2D eigenvalue weighted by atomic mass is 32.1. The monoisotopic (exact) mass is 296 g/mol. The van der Waals surface area contributed by atoms with Crippen LogP contribution in [0.1, 0.15) is 6.42 Å². The third-order valence-electron chi connectivity index (χ3n) is 4.94. The maximum atomic E-state index is 12.7. The number of carbonyl (C=O) groups is 2. The Bertz CT molecular complexity index is 762. The number of para-hydroxylation sites is 1. The van der Waals surface area contributed by atoms with Crippen molar-refractivity contribution in [3.05, 3.63) is 36.4 Å². The van der Waals surface area contributed by atoms with Gasteiger partial charge in [0.15, 0.2) is 5.13 Å². The highest BCUT2D eigenvalue weighted by Gasteiger charge is 2.60. The first-order valence-electron chi connectivity index (χ1n) is 7.16. The standard InChI is InChI=1S/C16H12N2O2S/c19-14-12-8-5-6-9(7-8)13(12)15(20)18(14)16-17-10-3-1-2-4-11(10)21-16/h1-6,8-9,12-13H,7H2/t8-,9+,12+,13-. The Morgan fingerprint density at radius 1 is 1.05 bits per heavy atom. The van der Waals surface area contributed by atoms with Crippen LogP contribution < -0.4 is 4.90 Å². The van der Waals surface area contributed by atoms with Crippen molar-refractivity contribution in [3.8, 4) is 0 Å². The largest absolute Gasteiger partial charge is 0.274 e. The van der Waals surface area contributed by atoms with Gasteiger partial charge in [0, 0.05) is 0 Å². The number of anilines is 1. The SMILES string of the molecule is O=C1[C@@H]2[C@H](C(=O)N1c1nc3ccccc3s1)[C@H]1C=C[C@@H]2C1. The van der Waals surface area contributed by atoms with Crippen molar-refractivity contribution in [2.75, 3.05) is 4.90 Å². The van der Waals surface area contributed by atoms with Crippen molar-refractivity contribution in [1.82, 2.24) is 4.98 Å². The van der Waals surface area contributed by atoms with E-state index in [-0.39, 0.29) is 35.5 Å². The summed E-state index contributed by atoms with van der Waals surface area (Å²) in [4.78, 5) is 31.2. The first kappa shape index (κ1) is 11.6. The molecule has 3 aliphatic rings. The minimum Gasteiger partial charge on any atom is -0.274 e. The highest BCUT2D eigenvalue weighted by molar-refractivity contribution is 7.22. The molecular weight excluding hydrogens is 284 g/mol. The number of fused-ring (bicyclic) bond motifs is 6. The lowest BCUT2D eigenvalue weighted by Gasteiger charge is -2.14. The second-order valence-electron chi connectivity index (χ2n) is 5.98. The average molecular weight is 296 g/mol. The van der Waals surface area contributed by atoms with Gasteiger partial charge in [-0.3, -0.25) is 9.59 Å². The van der Waals surface area contributed by atoms with E-state index in [1.54, 1.807) is 0 Å². The molecule has 2 amide bonds. The molecule has 2 aromatic rings.